The van der Waals surface area contributed by atoms with Crippen LogP contribution in [0.1, 0.15) is 22.8 Å². The third-order valence-electron chi connectivity index (χ3n) is 3.43. The number of hydrogen-bond donors (Lipinski definition) is 2. The number of carbonyl (C=O) groups is 1. The molecule has 7 heteroatoms. The van der Waals surface area contributed by atoms with Gasteiger partial charge in [0, 0.05) is 6.54 Å². The van der Waals surface area contributed by atoms with E-state index in [2.05, 4.69) is 5.32 Å². The van der Waals surface area contributed by atoms with Gasteiger partial charge in [-0.1, -0.05) is 36.4 Å². The first-order valence-corrected chi connectivity index (χ1v) is 7.13. The molecule has 0 saturated heterocycles. The van der Waals surface area contributed by atoms with E-state index in [4.69, 9.17) is 0 Å². The Morgan fingerprint density at radius 1 is 1.08 bits per heavy atom. The van der Waals surface area contributed by atoms with E-state index in [9.17, 15) is 27.5 Å². The maximum absolute atomic E-state index is 13.4. The Morgan fingerprint density at radius 2 is 1.71 bits per heavy atom. The van der Waals surface area contributed by atoms with Crippen LogP contribution in [-0.2, 0) is 17.4 Å². The van der Waals surface area contributed by atoms with Gasteiger partial charge >= 0.3 is 6.18 Å². The highest BCUT2D eigenvalue weighted by molar-refractivity contribution is 5.78. The number of carbonyl (C=O) groups excluding carboxylic acids is 1. The molecule has 2 N–H and O–H groups in total. The summed E-state index contributed by atoms with van der Waals surface area (Å²) in [4.78, 5) is 11.8. The predicted molar refractivity (Wildman–Crippen MR) is 79.5 cm³/mol. The topological polar surface area (TPSA) is 49.3 Å². The van der Waals surface area contributed by atoms with E-state index in [0.717, 1.165) is 12.1 Å². The van der Waals surface area contributed by atoms with E-state index in [1.807, 2.05) is 0 Å². The molecule has 2 rings (SSSR count). The van der Waals surface area contributed by atoms with Crippen LogP contribution in [0.2, 0.25) is 0 Å². The number of halogens is 4. The molecule has 0 aliphatic carbocycles. The molecule has 128 valence electrons. The highest BCUT2D eigenvalue weighted by atomic mass is 19.4. The molecule has 0 saturated carbocycles. The third kappa shape index (κ3) is 4.55. The molecule has 0 bridgehead atoms. The number of aliphatic hydroxyl groups excluding tert-OH is 1. The zero-order valence-electron chi connectivity index (χ0n) is 12.5. The van der Waals surface area contributed by atoms with E-state index in [-0.39, 0.29) is 17.5 Å². The van der Waals surface area contributed by atoms with Crippen molar-refractivity contribution in [2.24, 2.45) is 0 Å². The van der Waals surface area contributed by atoms with Crippen LogP contribution in [0.25, 0.3) is 0 Å². The first kappa shape index (κ1) is 17.9. The van der Waals surface area contributed by atoms with Crippen molar-refractivity contribution in [2.45, 2.75) is 18.7 Å². The molecular weight excluding hydrogens is 326 g/mol. The van der Waals surface area contributed by atoms with Crippen molar-refractivity contribution in [2.75, 3.05) is 6.54 Å². The SMILES string of the molecule is O=C(Cc1ccccc1F)NC[C@H](O)c1ccccc1C(F)(F)F. The Kier molecular flexibility index (Phi) is 5.56. The second kappa shape index (κ2) is 7.44. The Hall–Kier alpha value is -2.41. The number of hydrogen-bond acceptors (Lipinski definition) is 2. The van der Waals surface area contributed by atoms with Crippen LogP contribution >= 0.6 is 0 Å². The minimum atomic E-state index is -4.60. The van der Waals surface area contributed by atoms with E-state index >= 15 is 0 Å². The lowest BCUT2D eigenvalue weighted by molar-refractivity contribution is -0.139. The van der Waals surface area contributed by atoms with Gasteiger partial charge in [-0.2, -0.15) is 13.2 Å². The van der Waals surface area contributed by atoms with Crippen LogP contribution < -0.4 is 5.32 Å². The van der Waals surface area contributed by atoms with Crippen molar-refractivity contribution >= 4 is 5.91 Å². The van der Waals surface area contributed by atoms with Gasteiger partial charge in [-0.25, -0.2) is 4.39 Å². The summed E-state index contributed by atoms with van der Waals surface area (Å²) in [6, 6.07) is 10.3. The monoisotopic (exact) mass is 341 g/mol. The average molecular weight is 341 g/mol. The Labute approximate surface area is 135 Å². The molecule has 0 aromatic heterocycles. The molecule has 0 aliphatic heterocycles. The van der Waals surface area contributed by atoms with Crippen LogP contribution in [0, 0.1) is 5.82 Å². The molecule has 2 aromatic carbocycles. The van der Waals surface area contributed by atoms with Crippen molar-refractivity contribution in [3.8, 4) is 0 Å². The fourth-order valence-electron chi connectivity index (χ4n) is 2.24. The fraction of sp³-hybridized carbons (Fsp3) is 0.235. The smallest absolute Gasteiger partial charge is 0.387 e. The molecular formula is C17H15F4NO2. The number of aliphatic hydroxyl groups is 1. The normalized spacial score (nSPS) is 12.7. The molecule has 1 amide bonds. The van der Waals surface area contributed by atoms with Crippen LogP contribution in [-0.4, -0.2) is 17.6 Å². The highest BCUT2D eigenvalue weighted by Crippen LogP contribution is 2.34. The van der Waals surface area contributed by atoms with Gasteiger partial charge in [0.15, 0.2) is 0 Å². The van der Waals surface area contributed by atoms with Gasteiger partial charge in [0.25, 0.3) is 0 Å². The lowest BCUT2D eigenvalue weighted by Crippen LogP contribution is -2.30. The van der Waals surface area contributed by atoms with Crippen LogP contribution in [0.4, 0.5) is 17.6 Å². The second-order valence-corrected chi connectivity index (χ2v) is 5.17. The second-order valence-electron chi connectivity index (χ2n) is 5.17. The molecule has 0 fully saturated rings. The van der Waals surface area contributed by atoms with E-state index in [1.54, 1.807) is 6.07 Å². The third-order valence-corrected chi connectivity index (χ3v) is 3.43. The summed E-state index contributed by atoms with van der Waals surface area (Å²) < 4.78 is 52.1. The van der Waals surface area contributed by atoms with Gasteiger partial charge in [-0.15, -0.1) is 0 Å². The summed E-state index contributed by atoms with van der Waals surface area (Å²) >= 11 is 0. The Balaban J connectivity index is 2.00. The van der Waals surface area contributed by atoms with Gasteiger partial charge in [0.1, 0.15) is 5.82 Å². The lowest BCUT2D eigenvalue weighted by atomic mass is 10.0. The maximum atomic E-state index is 13.4. The zero-order chi connectivity index (χ0) is 17.7. The summed E-state index contributed by atoms with van der Waals surface area (Å²) in [5, 5.41) is 12.3. The summed E-state index contributed by atoms with van der Waals surface area (Å²) in [5.41, 5.74) is -1.11. The molecule has 2 aromatic rings. The number of alkyl halides is 3. The lowest BCUT2D eigenvalue weighted by Gasteiger charge is -2.18. The summed E-state index contributed by atoms with van der Waals surface area (Å²) in [6.07, 6.45) is -6.39. The predicted octanol–water partition coefficient (Wildman–Crippen LogP) is 3.24. The van der Waals surface area contributed by atoms with Crippen molar-refractivity contribution < 1.29 is 27.5 Å². The first-order chi connectivity index (χ1) is 11.3. The molecule has 0 spiro atoms. The number of rotatable bonds is 5. The molecule has 1 atom stereocenters. The minimum absolute atomic E-state index is 0.167. The summed E-state index contributed by atoms with van der Waals surface area (Å²) in [5.74, 6) is -1.14. The number of benzene rings is 2. The molecule has 0 heterocycles. The summed E-state index contributed by atoms with van der Waals surface area (Å²) in [7, 11) is 0. The van der Waals surface area contributed by atoms with Crippen molar-refractivity contribution in [1.82, 2.24) is 5.32 Å². The van der Waals surface area contributed by atoms with Gasteiger partial charge in [-0.05, 0) is 23.3 Å². The van der Waals surface area contributed by atoms with E-state index < -0.39 is 36.1 Å². The molecule has 0 unspecified atom stereocenters. The zero-order valence-corrected chi connectivity index (χ0v) is 12.5. The van der Waals surface area contributed by atoms with Crippen molar-refractivity contribution in [3.05, 3.63) is 71.0 Å². The maximum Gasteiger partial charge on any atom is 0.416 e. The number of amides is 1. The molecule has 3 nitrogen and oxygen atoms in total. The molecule has 24 heavy (non-hydrogen) atoms. The van der Waals surface area contributed by atoms with Gasteiger partial charge in [0.2, 0.25) is 5.91 Å². The quantitative estimate of drug-likeness (QED) is 0.821. The molecule has 0 radical (unpaired) electrons. The van der Waals surface area contributed by atoms with E-state index in [0.29, 0.717) is 0 Å². The van der Waals surface area contributed by atoms with Gasteiger partial charge in [-0.3, -0.25) is 4.79 Å². The highest BCUT2D eigenvalue weighted by Gasteiger charge is 2.34. The van der Waals surface area contributed by atoms with Crippen LogP contribution in [0.3, 0.4) is 0 Å². The number of nitrogens with one attached hydrogen (secondary N) is 1. The molecule has 0 aliphatic rings. The van der Waals surface area contributed by atoms with Crippen LogP contribution in [0.15, 0.2) is 48.5 Å². The van der Waals surface area contributed by atoms with E-state index in [1.165, 1.54) is 30.3 Å². The Bertz CT molecular complexity index is 716. The fourth-order valence-corrected chi connectivity index (χ4v) is 2.24. The van der Waals surface area contributed by atoms with Crippen molar-refractivity contribution in [3.63, 3.8) is 0 Å². The minimum Gasteiger partial charge on any atom is -0.387 e. The summed E-state index contributed by atoms with van der Waals surface area (Å²) in [6.45, 7) is -0.402. The largest absolute Gasteiger partial charge is 0.416 e. The standard InChI is InChI=1S/C17H15F4NO2/c18-14-8-4-1-5-11(14)9-16(24)22-10-15(23)12-6-2-3-7-13(12)17(19,20)21/h1-8,15,23H,9-10H2,(H,22,24)/t15-/m0/s1. The average Bonchev–Trinajstić information content (AvgIpc) is 2.54. The first-order valence-electron chi connectivity index (χ1n) is 7.13. The van der Waals surface area contributed by atoms with Crippen LogP contribution in [0.5, 0.6) is 0 Å². The van der Waals surface area contributed by atoms with Crippen molar-refractivity contribution in [1.29, 1.82) is 0 Å². The Morgan fingerprint density at radius 3 is 2.38 bits per heavy atom. The van der Waals surface area contributed by atoms with Gasteiger partial charge < -0.3 is 10.4 Å². The van der Waals surface area contributed by atoms with Gasteiger partial charge in [0.05, 0.1) is 18.1 Å².